The zero-order valence-corrected chi connectivity index (χ0v) is 14.8. The van der Waals surface area contributed by atoms with Crippen molar-refractivity contribution >= 4 is 21.6 Å². The molecule has 1 heterocycles. The molecule has 0 bridgehead atoms. The molecule has 2 aromatic rings. The van der Waals surface area contributed by atoms with Gasteiger partial charge in [0.05, 0.1) is 37.8 Å². The molecule has 5 heteroatoms. The Morgan fingerprint density at radius 2 is 1.87 bits per heavy atom. The topological polar surface area (TPSA) is 37.1 Å². The Kier molecular flexibility index (Phi) is 5.08. The second kappa shape index (κ2) is 7.23. The molecule has 2 N–H and O–H groups in total. The molecule has 0 aliphatic carbocycles. The van der Waals surface area contributed by atoms with E-state index in [0.29, 0.717) is 10.2 Å². The number of phenolic OH excluding ortho intramolecular Hbond substituents is 1. The summed E-state index contributed by atoms with van der Waals surface area (Å²) in [4.78, 5) is 3.99. The van der Waals surface area contributed by atoms with Crippen molar-refractivity contribution in [3.05, 3.63) is 52.5 Å². The van der Waals surface area contributed by atoms with Crippen molar-refractivity contribution < 1.29 is 14.7 Å². The molecule has 2 aromatic carbocycles. The quantitative estimate of drug-likeness (QED) is 0.856. The first-order chi connectivity index (χ1) is 11.2. The standard InChI is InChI=1S/C18H21BrN2O2/c1-23-17-12-14(11-16(19)18(17)22)13-20-7-9-21(10-8-20)15-5-3-2-4-6-15/h2-6,11-12,22H,7-10,13H2,1H3/p+1. The number of nitrogens with one attached hydrogen (secondary N) is 1. The molecular weight excluding hydrogens is 356 g/mol. The van der Waals surface area contributed by atoms with E-state index in [9.17, 15) is 5.11 Å². The summed E-state index contributed by atoms with van der Waals surface area (Å²) < 4.78 is 5.92. The molecule has 3 rings (SSSR count). The second-order valence-electron chi connectivity index (χ2n) is 5.88. The van der Waals surface area contributed by atoms with Gasteiger partial charge in [-0.25, -0.2) is 0 Å². The summed E-state index contributed by atoms with van der Waals surface area (Å²) in [5.41, 5.74) is 2.48. The molecule has 0 spiro atoms. The molecule has 4 nitrogen and oxygen atoms in total. The molecular formula is C18H22BrN2O2+. The van der Waals surface area contributed by atoms with E-state index < -0.39 is 0 Å². The van der Waals surface area contributed by atoms with E-state index in [2.05, 4.69) is 51.2 Å². The van der Waals surface area contributed by atoms with Gasteiger partial charge < -0.3 is 19.6 Å². The van der Waals surface area contributed by atoms with Crippen molar-refractivity contribution in [3.63, 3.8) is 0 Å². The Hall–Kier alpha value is -1.72. The fraction of sp³-hybridized carbons (Fsp3) is 0.333. The van der Waals surface area contributed by atoms with Crippen LogP contribution in [0.1, 0.15) is 5.56 Å². The smallest absolute Gasteiger partial charge is 0.172 e. The van der Waals surface area contributed by atoms with Gasteiger partial charge in [-0.2, -0.15) is 0 Å². The Bertz CT molecular complexity index is 656. The molecule has 0 atom stereocenters. The molecule has 0 saturated carbocycles. The van der Waals surface area contributed by atoms with E-state index in [1.54, 1.807) is 12.0 Å². The number of ether oxygens (including phenoxy) is 1. The molecule has 122 valence electrons. The summed E-state index contributed by atoms with van der Waals surface area (Å²) in [5, 5.41) is 9.90. The summed E-state index contributed by atoms with van der Waals surface area (Å²) in [6.07, 6.45) is 0. The normalized spacial score (nSPS) is 15.7. The number of para-hydroxylation sites is 1. The van der Waals surface area contributed by atoms with Crippen molar-refractivity contribution in [1.82, 2.24) is 0 Å². The molecule has 23 heavy (non-hydrogen) atoms. The van der Waals surface area contributed by atoms with Crippen LogP contribution in [0.4, 0.5) is 5.69 Å². The minimum absolute atomic E-state index is 0.167. The zero-order valence-electron chi connectivity index (χ0n) is 13.3. The lowest BCUT2D eigenvalue weighted by molar-refractivity contribution is -0.914. The van der Waals surface area contributed by atoms with E-state index in [1.165, 1.54) is 11.3 Å². The zero-order chi connectivity index (χ0) is 16.2. The second-order valence-corrected chi connectivity index (χ2v) is 6.73. The number of benzene rings is 2. The van der Waals surface area contributed by atoms with Gasteiger partial charge in [-0.1, -0.05) is 18.2 Å². The first-order valence-electron chi connectivity index (χ1n) is 7.86. The predicted octanol–water partition coefficient (Wildman–Crippen LogP) is 2.07. The summed E-state index contributed by atoms with van der Waals surface area (Å²) in [5.74, 6) is 0.692. The number of phenols is 1. The predicted molar refractivity (Wildman–Crippen MR) is 95.4 cm³/mol. The summed E-state index contributed by atoms with van der Waals surface area (Å²) in [6, 6.07) is 14.5. The minimum Gasteiger partial charge on any atom is -0.503 e. The number of hydrogen-bond acceptors (Lipinski definition) is 3. The van der Waals surface area contributed by atoms with Gasteiger partial charge in [0.2, 0.25) is 0 Å². The minimum atomic E-state index is 0.167. The van der Waals surface area contributed by atoms with Crippen molar-refractivity contribution in [1.29, 1.82) is 0 Å². The van der Waals surface area contributed by atoms with Crippen LogP contribution >= 0.6 is 15.9 Å². The number of rotatable bonds is 4. The molecule has 0 aromatic heterocycles. The fourth-order valence-corrected chi connectivity index (χ4v) is 3.56. The summed E-state index contributed by atoms with van der Waals surface area (Å²) in [7, 11) is 1.58. The Morgan fingerprint density at radius 3 is 2.52 bits per heavy atom. The number of aromatic hydroxyl groups is 1. The van der Waals surface area contributed by atoms with Crippen molar-refractivity contribution in [2.24, 2.45) is 0 Å². The SMILES string of the molecule is COc1cc(C[NH+]2CCN(c3ccccc3)CC2)cc(Br)c1O. The number of quaternary nitrogens is 1. The monoisotopic (exact) mass is 377 g/mol. The van der Waals surface area contributed by atoms with Crippen LogP contribution in [-0.2, 0) is 6.54 Å². The number of piperazine rings is 1. The van der Waals surface area contributed by atoms with Crippen LogP contribution in [0.5, 0.6) is 11.5 Å². The molecule has 1 fully saturated rings. The molecule has 0 radical (unpaired) electrons. The van der Waals surface area contributed by atoms with E-state index in [1.807, 2.05) is 12.1 Å². The first kappa shape index (κ1) is 16.1. The van der Waals surface area contributed by atoms with E-state index in [4.69, 9.17) is 4.74 Å². The number of anilines is 1. The highest BCUT2D eigenvalue weighted by molar-refractivity contribution is 9.10. The number of methoxy groups -OCH3 is 1. The van der Waals surface area contributed by atoms with Crippen LogP contribution in [0.3, 0.4) is 0 Å². The molecule has 0 unspecified atom stereocenters. The van der Waals surface area contributed by atoms with Gasteiger partial charge in [0.25, 0.3) is 0 Å². The Balaban J connectivity index is 1.62. The van der Waals surface area contributed by atoms with Crippen LogP contribution in [0, 0.1) is 0 Å². The maximum atomic E-state index is 9.90. The van der Waals surface area contributed by atoms with Gasteiger partial charge >= 0.3 is 0 Å². The van der Waals surface area contributed by atoms with Crippen LogP contribution in [0.2, 0.25) is 0 Å². The van der Waals surface area contributed by atoms with Gasteiger partial charge in [0.15, 0.2) is 11.5 Å². The van der Waals surface area contributed by atoms with Crippen molar-refractivity contribution in [2.75, 3.05) is 38.2 Å². The molecule has 0 amide bonds. The third kappa shape index (κ3) is 3.79. The van der Waals surface area contributed by atoms with Gasteiger partial charge in [-0.15, -0.1) is 0 Å². The Labute approximate surface area is 145 Å². The van der Waals surface area contributed by atoms with Gasteiger partial charge in [-0.05, 0) is 40.2 Å². The number of hydrogen-bond donors (Lipinski definition) is 2. The average molecular weight is 378 g/mol. The highest BCUT2D eigenvalue weighted by Crippen LogP contribution is 2.34. The van der Waals surface area contributed by atoms with Crippen molar-refractivity contribution in [3.8, 4) is 11.5 Å². The average Bonchev–Trinajstić information content (AvgIpc) is 2.59. The van der Waals surface area contributed by atoms with Crippen LogP contribution in [0.15, 0.2) is 46.9 Å². The number of halogens is 1. The molecule has 1 aliphatic heterocycles. The van der Waals surface area contributed by atoms with E-state index in [-0.39, 0.29) is 5.75 Å². The van der Waals surface area contributed by atoms with Gasteiger partial charge in [0, 0.05) is 11.3 Å². The van der Waals surface area contributed by atoms with E-state index in [0.717, 1.165) is 32.7 Å². The molecule has 1 saturated heterocycles. The maximum Gasteiger partial charge on any atom is 0.172 e. The largest absolute Gasteiger partial charge is 0.503 e. The van der Waals surface area contributed by atoms with Gasteiger partial charge in [0.1, 0.15) is 6.54 Å². The Morgan fingerprint density at radius 1 is 1.17 bits per heavy atom. The third-order valence-electron chi connectivity index (χ3n) is 4.35. The van der Waals surface area contributed by atoms with Crippen molar-refractivity contribution in [2.45, 2.75) is 6.54 Å². The highest BCUT2D eigenvalue weighted by Gasteiger charge is 2.21. The lowest BCUT2D eigenvalue weighted by atomic mass is 10.1. The first-order valence-corrected chi connectivity index (χ1v) is 8.65. The summed E-state index contributed by atoms with van der Waals surface area (Å²) in [6.45, 7) is 5.29. The summed E-state index contributed by atoms with van der Waals surface area (Å²) >= 11 is 3.40. The fourth-order valence-electron chi connectivity index (χ4n) is 3.07. The van der Waals surface area contributed by atoms with Gasteiger partial charge in [-0.3, -0.25) is 0 Å². The molecule has 1 aliphatic rings. The maximum absolute atomic E-state index is 9.90. The van der Waals surface area contributed by atoms with Crippen LogP contribution in [0.25, 0.3) is 0 Å². The van der Waals surface area contributed by atoms with E-state index >= 15 is 0 Å². The van der Waals surface area contributed by atoms with Crippen LogP contribution in [-0.4, -0.2) is 38.4 Å². The lowest BCUT2D eigenvalue weighted by Crippen LogP contribution is -3.13. The number of nitrogens with zero attached hydrogens (tertiary/aromatic N) is 1. The van der Waals surface area contributed by atoms with Crippen LogP contribution < -0.4 is 14.5 Å². The third-order valence-corrected chi connectivity index (χ3v) is 4.96. The lowest BCUT2D eigenvalue weighted by Gasteiger charge is -2.33. The highest BCUT2D eigenvalue weighted by atomic mass is 79.9.